The lowest BCUT2D eigenvalue weighted by atomic mass is 10.1. The number of aryl methyl sites for hydroxylation is 1. The van der Waals surface area contributed by atoms with E-state index in [2.05, 4.69) is 15.5 Å². The van der Waals surface area contributed by atoms with Gasteiger partial charge in [-0.25, -0.2) is 4.79 Å². The van der Waals surface area contributed by atoms with Gasteiger partial charge in [-0.2, -0.15) is 4.98 Å². The third kappa shape index (κ3) is 3.73. The highest BCUT2D eigenvalue weighted by Crippen LogP contribution is 2.20. The fraction of sp³-hybridized carbons (Fsp3) is 0.471. The predicted octanol–water partition coefficient (Wildman–Crippen LogP) is 2.37. The number of nitrogens with one attached hydrogen (secondary N) is 1. The molecule has 1 amide bonds. The van der Waals surface area contributed by atoms with E-state index < -0.39 is 0 Å². The first-order chi connectivity index (χ1) is 11.7. The summed E-state index contributed by atoms with van der Waals surface area (Å²) in [5, 5.41) is 7.41. The summed E-state index contributed by atoms with van der Waals surface area (Å²) in [6, 6.07) is 8.15. The smallest absolute Gasteiger partial charge is 0.409 e. The van der Waals surface area contributed by atoms with Crippen LogP contribution in [0.4, 0.5) is 4.79 Å². The number of aromatic nitrogens is 2. The summed E-state index contributed by atoms with van der Waals surface area (Å²) >= 11 is 0. The number of ether oxygens (including phenoxy) is 1. The summed E-state index contributed by atoms with van der Waals surface area (Å²) in [6.45, 7) is 6.06. The Morgan fingerprint density at radius 3 is 3.08 bits per heavy atom. The second-order valence-corrected chi connectivity index (χ2v) is 5.84. The number of amides is 1. The Labute approximate surface area is 141 Å². The topological polar surface area (TPSA) is 80.5 Å². The number of carbonyl (C=O) groups is 1. The molecule has 24 heavy (non-hydrogen) atoms. The van der Waals surface area contributed by atoms with Crippen molar-refractivity contribution in [1.82, 2.24) is 20.4 Å². The summed E-state index contributed by atoms with van der Waals surface area (Å²) in [4.78, 5) is 17.8. The molecule has 7 nitrogen and oxygen atoms in total. The zero-order valence-corrected chi connectivity index (χ0v) is 14.0. The summed E-state index contributed by atoms with van der Waals surface area (Å²) in [6.07, 6.45) is 0.638. The highest BCUT2D eigenvalue weighted by molar-refractivity contribution is 5.68. The number of hydrogen-bond donors (Lipinski definition) is 1. The molecule has 2 aromatic rings. The molecule has 1 N–H and O–H groups in total. The minimum Gasteiger partial charge on any atom is -0.450 e. The summed E-state index contributed by atoms with van der Waals surface area (Å²) < 4.78 is 10.3. The molecule has 3 rings (SSSR count). The van der Waals surface area contributed by atoms with E-state index in [1.165, 1.54) is 0 Å². The molecule has 1 unspecified atom stereocenters. The highest BCUT2D eigenvalue weighted by atomic mass is 16.6. The van der Waals surface area contributed by atoms with Gasteiger partial charge in [0.2, 0.25) is 11.7 Å². The lowest BCUT2D eigenvalue weighted by Gasteiger charge is -2.15. The van der Waals surface area contributed by atoms with Gasteiger partial charge < -0.3 is 19.5 Å². The maximum absolute atomic E-state index is 11.7. The first-order valence-corrected chi connectivity index (χ1v) is 8.21. The second-order valence-electron chi connectivity index (χ2n) is 5.84. The molecule has 1 saturated heterocycles. The number of likely N-dealkylation sites (tertiary alicyclic amines) is 1. The van der Waals surface area contributed by atoms with Crippen LogP contribution in [0.15, 0.2) is 28.8 Å². The van der Waals surface area contributed by atoms with E-state index in [4.69, 9.17) is 9.26 Å². The van der Waals surface area contributed by atoms with Gasteiger partial charge in [0.15, 0.2) is 0 Å². The molecule has 0 spiro atoms. The molecule has 0 radical (unpaired) electrons. The number of benzene rings is 1. The Bertz CT molecular complexity index is 701. The molecular weight excluding hydrogens is 308 g/mol. The van der Waals surface area contributed by atoms with Crippen molar-refractivity contribution in [2.24, 2.45) is 0 Å². The zero-order valence-electron chi connectivity index (χ0n) is 14.0. The normalized spacial score (nSPS) is 17.2. The Kier molecular flexibility index (Phi) is 5.10. The SMILES string of the molecule is CCOC(=O)N1CCC(NCc2nc(-c3ccccc3C)no2)C1. The molecule has 1 fully saturated rings. The van der Waals surface area contributed by atoms with Crippen molar-refractivity contribution in [2.45, 2.75) is 32.9 Å². The average molecular weight is 330 g/mol. The lowest BCUT2D eigenvalue weighted by Crippen LogP contribution is -2.35. The lowest BCUT2D eigenvalue weighted by molar-refractivity contribution is 0.115. The molecule has 128 valence electrons. The molecule has 0 bridgehead atoms. The fourth-order valence-electron chi connectivity index (χ4n) is 2.80. The van der Waals surface area contributed by atoms with Crippen LogP contribution in [0.1, 0.15) is 24.8 Å². The Balaban J connectivity index is 1.53. The minimum atomic E-state index is -0.249. The van der Waals surface area contributed by atoms with Crippen LogP contribution in [-0.2, 0) is 11.3 Å². The third-order valence-corrected chi connectivity index (χ3v) is 4.11. The van der Waals surface area contributed by atoms with Crippen LogP contribution in [0.3, 0.4) is 0 Å². The summed E-state index contributed by atoms with van der Waals surface area (Å²) in [5.41, 5.74) is 2.08. The fourth-order valence-corrected chi connectivity index (χ4v) is 2.80. The monoisotopic (exact) mass is 330 g/mol. The largest absolute Gasteiger partial charge is 0.450 e. The van der Waals surface area contributed by atoms with E-state index in [-0.39, 0.29) is 12.1 Å². The van der Waals surface area contributed by atoms with E-state index in [9.17, 15) is 4.79 Å². The molecule has 1 aliphatic heterocycles. The van der Waals surface area contributed by atoms with E-state index in [1.54, 1.807) is 4.90 Å². The van der Waals surface area contributed by atoms with Crippen molar-refractivity contribution >= 4 is 6.09 Å². The first kappa shape index (κ1) is 16.4. The van der Waals surface area contributed by atoms with Gasteiger partial charge in [-0.05, 0) is 25.8 Å². The van der Waals surface area contributed by atoms with Gasteiger partial charge in [0.25, 0.3) is 0 Å². The van der Waals surface area contributed by atoms with Crippen LogP contribution in [0, 0.1) is 6.92 Å². The van der Waals surface area contributed by atoms with Gasteiger partial charge in [0.1, 0.15) is 0 Å². The molecule has 2 heterocycles. The molecule has 1 aliphatic rings. The van der Waals surface area contributed by atoms with Crippen LogP contribution in [0.5, 0.6) is 0 Å². The second kappa shape index (κ2) is 7.44. The molecular formula is C17H22N4O3. The van der Waals surface area contributed by atoms with E-state index in [0.29, 0.717) is 38.0 Å². The number of nitrogens with zero attached hydrogens (tertiary/aromatic N) is 3. The van der Waals surface area contributed by atoms with Crippen LogP contribution in [-0.4, -0.2) is 46.9 Å². The van der Waals surface area contributed by atoms with Gasteiger partial charge in [0.05, 0.1) is 13.2 Å². The molecule has 1 atom stereocenters. The Morgan fingerprint density at radius 2 is 2.29 bits per heavy atom. The quantitative estimate of drug-likeness (QED) is 0.906. The maximum Gasteiger partial charge on any atom is 0.409 e. The average Bonchev–Trinajstić information content (AvgIpc) is 3.23. The Hall–Kier alpha value is -2.41. The minimum absolute atomic E-state index is 0.211. The van der Waals surface area contributed by atoms with E-state index in [0.717, 1.165) is 17.5 Å². The van der Waals surface area contributed by atoms with Gasteiger partial charge in [0, 0.05) is 24.7 Å². The molecule has 1 aromatic carbocycles. The van der Waals surface area contributed by atoms with Crippen molar-refractivity contribution in [3.63, 3.8) is 0 Å². The van der Waals surface area contributed by atoms with Crippen LogP contribution in [0.25, 0.3) is 11.4 Å². The van der Waals surface area contributed by atoms with Gasteiger partial charge in [-0.3, -0.25) is 0 Å². The van der Waals surface area contributed by atoms with Gasteiger partial charge in [-0.15, -0.1) is 0 Å². The summed E-state index contributed by atoms with van der Waals surface area (Å²) in [5.74, 6) is 1.15. The van der Waals surface area contributed by atoms with Crippen molar-refractivity contribution in [1.29, 1.82) is 0 Å². The number of carbonyl (C=O) groups excluding carboxylic acids is 1. The van der Waals surface area contributed by atoms with E-state index in [1.807, 2.05) is 38.1 Å². The maximum atomic E-state index is 11.7. The molecule has 0 saturated carbocycles. The Morgan fingerprint density at radius 1 is 1.46 bits per heavy atom. The molecule has 0 aliphatic carbocycles. The number of rotatable bonds is 5. The number of hydrogen-bond acceptors (Lipinski definition) is 6. The van der Waals surface area contributed by atoms with Crippen LogP contribution < -0.4 is 5.32 Å². The predicted molar refractivity (Wildman–Crippen MR) is 88.3 cm³/mol. The van der Waals surface area contributed by atoms with Crippen molar-refractivity contribution in [3.05, 3.63) is 35.7 Å². The van der Waals surface area contributed by atoms with Crippen LogP contribution >= 0.6 is 0 Å². The summed E-state index contributed by atoms with van der Waals surface area (Å²) in [7, 11) is 0. The van der Waals surface area contributed by atoms with Crippen molar-refractivity contribution in [3.8, 4) is 11.4 Å². The van der Waals surface area contributed by atoms with Crippen LogP contribution in [0.2, 0.25) is 0 Å². The zero-order chi connectivity index (χ0) is 16.9. The van der Waals surface area contributed by atoms with Gasteiger partial charge in [-0.1, -0.05) is 29.4 Å². The molecule has 7 heteroatoms. The first-order valence-electron chi connectivity index (χ1n) is 8.21. The standard InChI is InChI=1S/C17H22N4O3/c1-3-23-17(22)21-9-8-13(11-21)18-10-15-19-16(20-24-15)14-7-5-4-6-12(14)2/h4-7,13,18H,3,8-11H2,1-2H3. The van der Waals surface area contributed by atoms with Gasteiger partial charge >= 0.3 is 6.09 Å². The van der Waals surface area contributed by atoms with Crippen molar-refractivity contribution in [2.75, 3.05) is 19.7 Å². The highest BCUT2D eigenvalue weighted by Gasteiger charge is 2.27. The molecule has 1 aromatic heterocycles. The van der Waals surface area contributed by atoms with Crippen molar-refractivity contribution < 1.29 is 14.1 Å². The van der Waals surface area contributed by atoms with E-state index >= 15 is 0 Å². The third-order valence-electron chi connectivity index (χ3n) is 4.11.